The van der Waals surface area contributed by atoms with Gasteiger partial charge in [0.2, 0.25) is 0 Å². The number of rotatable bonds is 6. The van der Waals surface area contributed by atoms with Crippen molar-refractivity contribution in [1.29, 1.82) is 0 Å². The zero-order chi connectivity index (χ0) is 18.8. The predicted octanol–water partition coefficient (Wildman–Crippen LogP) is 5.47. The Bertz CT molecular complexity index is 934. The number of unbranched alkanes of at least 4 members (excludes halogenated alkanes) is 2. The first-order valence-corrected chi connectivity index (χ1v) is 9.78. The van der Waals surface area contributed by atoms with Gasteiger partial charge in [-0.25, -0.2) is 0 Å². The molecule has 5 heteroatoms. The minimum Gasteiger partial charge on any atom is -0.326 e. The van der Waals surface area contributed by atoms with E-state index in [2.05, 4.69) is 17.1 Å². The summed E-state index contributed by atoms with van der Waals surface area (Å²) < 4.78 is 0. The number of hydrogen-bond acceptors (Lipinski definition) is 2. The summed E-state index contributed by atoms with van der Waals surface area (Å²) >= 11 is 6.09. The van der Waals surface area contributed by atoms with Gasteiger partial charge in [-0.2, -0.15) is 5.10 Å². The molecule has 1 aromatic heterocycles. The molecule has 4 nitrogen and oxygen atoms in total. The van der Waals surface area contributed by atoms with E-state index in [1.165, 1.54) is 0 Å². The monoisotopic (exact) mass is 379 g/mol. The quantitative estimate of drug-likeness (QED) is 0.577. The van der Waals surface area contributed by atoms with E-state index in [9.17, 15) is 4.79 Å². The second kappa shape index (κ2) is 7.57. The van der Waals surface area contributed by atoms with Gasteiger partial charge in [-0.1, -0.05) is 73.8 Å². The van der Waals surface area contributed by atoms with Crippen LogP contribution in [0.15, 0.2) is 54.6 Å². The summed E-state index contributed by atoms with van der Waals surface area (Å²) in [6.45, 7) is 2.90. The summed E-state index contributed by atoms with van der Waals surface area (Å²) in [6, 6.07) is 17.6. The van der Waals surface area contributed by atoms with Crippen molar-refractivity contribution in [1.82, 2.24) is 15.1 Å². The van der Waals surface area contributed by atoms with Crippen LogP contribution in [0.1, 0.15) is 53.8 Å². The minimum atomic E-state index is -0.143. The molecule has 138 valence electrons. The molecule has 2 heterocycles. The van der Waals surface area contributed by atoms with E-state index in [0.717, 1.165) is 48.2 Å². The number of amides is 1. The summed E-state index contributed by atoms with van der Waals surface area (Å²) in [4.78, 5) is 15.1. The van der Waals surface area contributed by atoms with Crippen molar-refractivity contribution in [3.63, 3.8) is 0 Å². The lowest BCUT2D eigenvalue weighted by Crippen LogP contribution is -2.30. The molecule has 0 saturated heterocycles. The largest absolute Gasteiger partial charge is 0.326 e. The third kappa shape index (κ3) is 3.26. The van der Waals surface area contributed by atoms with Crippen LogP contribution in [0.5, 0.6) is 0 Å². The Morgan fingerprint density at radius 3 is 2.52 bits per heavy atom. The molecule has 0 radical (unpaired) electrons. The number of aromatic amines is 1. The number of aromatic nitrogens is 2. The van der Waals surface area contributed by atoms with Gasteiger partial charge in [-0.15, -0.1) is 0 Å². The van der Waals surface area contributed by atoms with E-state index in [1.54, 1.807) is 0 Å². The van der Waals surface area contributed by atoms with E-state index < -0.39 is 0 Å². The molecule has 1 atom stereocenters. The molecule has 2 aromatic carbocycles. The highest BCUT2D eigenvalue weighted by atomic mass is 35.5. The van der Waals surface area contributed by atoms with Gasteiger partial charge in [0.1, 0.15) is 5.69 Å². The summed E-state index contributed by atoms with van der Waals surface area (Å²) in [5.41, 5.74) is 4.48. The summed E-state index contributed by atoms with van der Waals surface area (Å²) in [5.74, 6) is 0.0238. The Labute approximate surface area is 164 Å². The van der Waals surface area contributed by atoms with Gasteiger partial charge in [-0.3, -0.25) is 9.89 Å². The summed E-state index contributed by atoms with van der Waals surface area (Å²) in [7, 11) is 0. The molecule has 1 amide bonds. The molecule has 1 aliphatic heterocycles. The highest BCUT2D eigenvalue weighted by Gasteiger charge is 2.41. The molecule has 4 rings (SSSR count). The smallest absolute Gasteiger partial charge is 0.273 e. The van der Waals surface area contributed by atoms with E-state index in [1.807, 2.05) is 59.5 Å². The number of carbonyl (C=O) groups excluding carboxylic acids is 1. The number of H-pyrrole nitrogens is 1. The first kappa shape index (κ1) is 17.8. The summed E-state index contributed by atoms with van der Waals surface area (Å²) in [5, 5.41) is 8.17. The van der Waals surface area contributed by atoms with Crippen LogP contribution < -0.4 is 0 Å². The van der Waals surface area contributed by atoms with Gasteiger partial charge in [-0.05, 0) is 24.1 Å². The zero-order valence-corrected chi connectivity index (χ0v) is 16.0. The molecule has 1 N–H and O–H groups in total. The number of nitrogens with one attached hydrogen (secondary N) is 1. The average molecular weight is 380 g/mol. The lowest BCUT2D eigenvalue weighted by Gasteiger charge is -2.26. The fourth-order valence-corrected chi connectivity index (χ4v) is 3.89. The van der Waals surface area contributed by atoms with Gasteiger partial charge in [0.05, 0.1) is 11.7 Å². The van der Waals surface area contributed by atoms with Crippen molar-refractivity contribution >= 4 is 17.5 Å². The molecule has 0 aliphatic carbocycles. The number of nitrogens with zero attached hydrogens (tertiary/aromatic N) is 2. The molecule has 3 aromatic rings. The van der Waals surface area contributed by atoms with Crippen LogP contribution in [0.3, 0.4) is 0 Å². The SMILES string of the molecule is CCCCCN1C(=O)c2[nH]nc(-c3ccccc3)c2C1c1ccc(Cl)cc1. The maximum atomic E-state index is 13.1. The second-order valence-corrected chi connectivity index (χ2v) is 7.32. The number of benzene rings is 2. The molecule has 0 saturated carbocycles. The third-order valence-corrected chi connectivity index (χ3v) is 5.35. The Hall–Kier alpha value is -2.59. The second-order valence-electron chi connectivity index (χ2n) is 6.89. The predicted molar refractivity (Wildman–Crippen MR) is 108 cm³/mol. The molecule has 1 aliphatic rings. The highest BCUT2D eigenvalue weighted by molar-refractivity contribution is 6.30. The molecular formula is C22H22ClN3O. The molecular weight excluding hydrogens is 358 g/mol. The minimum absolute atomic E-state index is 0.0238. The van der Waals surface area contributed by atoms with Gasteiger partial charge in [0, 0.05) is 22.7 Å². The normalized spacial score (nSPS) is 16.0. The standard InChI is InChI=1S/C22H22ClN3O/c1-2-3-7-14-26-21(16-10-12-17(23)13-11-16)18-19(15-8-5-4-6-9-15)24-25-20(18)22(26)27/h4-6,8-13,21H,2-3,7,14H2,1H3,(H,24,25). The van der Waals surface area contributed by atoms with E-state index >= 15 is 0 Å². The Morgan fingerprint density at radius 2 is 1.81 bits per heavy atom. The van der Waals surface area contributed by atoms with Gasteiger partial charge < -0.3 is 4.90 Å². The van der Waals surface area contributed by atoms with Crippen molar-refractivity contribution in [3.8, 4) is 11.3 Å². The van der Waals surface area contributed by atoms with Gasteiger partial charge >= 0.3 is 0 Å². The fraction of sp³-hybridized carbons (Fsp3) is 0.273. The van der Waals surface area contributed by atoms with Crippen LogP contribution in [-0.4, -0.2) is 27.5 Å². The van der Waals surface area contributed by atoms with Crippen molar-refractivity contribution < 1.29 is 4.79 Å². The van der Waals surface area contributed by atoms with Gasteiger partial charge in [0.15, 0.2) is 0 Å². The highest BCUT2D eigenvalue weighted by Crippen LogP contribution is 2.42. The van der Waals surface area contributed by atoms with Crippen molar-refractivity contribution in [3.05, 3.63) is 76.4 Å². The maximum Gasteiger partial charge on any atom is 0.273 e. The van der Waals surface area contributed by atoms with Crippen molar-refractivity contribution in [2.45, 2.75) is 32.2 Å². The van der Waals surface area contributed by atoms with Crippen LogP contribution in [0, 0.1) is 0 Å². The van der Waals surface area contributed by atoms with Crippen molar-refractivity contribution in [2.24, 2.45) is 0 Å². The maximum absolute atomic E-state index is 13.1. The van der Waals surface area contributed by atoms with Gasteiger partial charge in [0.25, 0.3) is 5.91 Å². The molecule has 0 fully saturated rings. The summed E-state index contributed by atoms with van der Waals surface area (Å²) in [6.07, 6.45) is 3.22. The van der Waals surface area contributed by atoms with Crippen LogP contribution >= 0.6 is 11.6 Å². The van der Waals surface area contributed by atoms with Crippen LogP contribution in [0.2, 0.25) is 5.02 Å². The van der Waals surface area contributed by atoms with Crippen LogP contribution in [-0.2, 0) is 0 Å². The average Bonchev–Trinajstić information content (AvgIpc) is 3.23. The lowest BCUT2D eigenvalue weighted by atomic mass is 9.96. The van der Waals surface area contributed by atoms with E-state index in [0.29, 0.717) is 10.7 Å². The fourth-order valence-electron chi connectivity index (χ4n) is 3.77. The number of fused-ring (bicyclic) bond motifs is 1. The van der Waals surface area contributed by atoms with Crippen molar-refractivity contribution in [2.75, 3.05) is 6.54 Å². The number of hydrogen-bond donors (Lipinski definition) is 1. The van der Waals surface area contributed by atoms with E-state index in [-0.39, 0.29) is 11.9 Å². The number of carbonyl (C=O) groups is 1. The first-order chi connectivity index (χ1) is 13.2. The first-order valence-electron chi connectivity index (χ1n) is 9.40. The van der Waals surface area contributed by atoms with Crippen LogP contribution in [0.4, 0.5) is 0 Å². The Morgan fingerprint density at radius 1 is 1.07 bits per heavy atom. The number of halogens is 1. The topological polar surface area (TPSA) is 49.0 Å². The third-order valence-electron chi connectivity index (χ3n) is 5.10. The lowest BCUT2D eigenvalue weighted by molar-refractivity contribution is 0.0740. The molecule has 0 spiro atoms. The zero-order valence-electron chi connectivity index (χ0n) is 15.3. The molecule has 27 heavy (non-hydrogen) atoms. The van der Waals surface area contributed by atoms with Crippen LogP contribution in [0.25, 0.3) is 11.3 Å². The Balaban J connectivity index is 1.81. The van der Waals surface area contributed by atoms with E-state index in [4.69, 9.17) is 11.6 Å². The Kier molecular flexibility index (Phi) is 4.99. The molecule has 1 unspecified atom stereocenters. The molecule has 0 bridgehead atoms.